The van der Waals surface area contributed by atoms with Crippen molar-refractivity contribution >= 4 is 52.2 Å². The Bertz CT molecular complexity index is 1500. The normalized spacial score (nSPS) is 19.0. The van der Waals surface area contributed by atoms with E-state index in [-0.39, 0.29) is 36.8 Å². The van der Waals surface area contributed by atoms with Gasteiger partial charge in [-0.05, 0) is 41.5 Å². The number of ether oxygens (including phenoxy) is 2. The van der Waals surface area contributed by atoms with E-state index in [2.05, 4.69) is 41.7 Å². The fourth-order valence-corrected chi connectivity index (χ4v) is 4.46. The highest BCUT2D eigenvalue weighted by atomic mass is 32.1. The second-order valence-corrected chi connectivity index (χ2v) is 13.2. The van der Waals surface area contributed by atoms with Crippen LogP contribution in [0.4, 0.5) is 14.7 Å². The molecule has 19 heteroatoms. The van der Waals surface area contributed by atoms with E-state index in [1.165, 1.54) is 10.1 Å². The van der Waals surface area contributed by atoms with Gasteiger partial charge in [0.1, 0.15) is 28.6 Å². The minimum atomic E-state index is -1.56. The van der Waals surface area contributed by atoms with Crippen molar-refractivity contribution in [1.82, 2.24) is 35.9 Å². The highest BCUT2D eigenvalue weighted by molar-refractivity contribution is 7.14. The fourth-order valence-electron chi connectivity index (χ4n) is 3.78. The second-order valence-electron chi connectivity index (χ2n) is 12.3. The molecule has 1 aliphatic carbocycles. The molecule has 2 aromatic heterocycles. The maximum Gasteiger partial charge on any atom is 0.413 e. The van der Waals surface area contributed by atoms with Gasteiger partial charge >= 0.3 is 18.2 Å². The molecule has 0 radical (unpaired) electrons. The lowest BCUT2D eigenvalue weighted by Gasteiger charge is -2.36. The number of hydrogen-bond acceptors (Lipinski definition) is 13. The molecular weight excluding hydrogens is 614 g/mol. The lowest BCUT2D eigenvalue weighted by molar-refractivity contribution is -0.153. The van der Waals surface area contributed by atoms with Gasteiger partial charge in [0.25, 0.3) is 5.91 Å². The van der Waals surface area contributed by atoms with Crippen LogP contribution in [0.15, 0.2) is 16.7 Å². The number of carboxylic acid groups (broad SMARTS) is 1. The van der Waals surface area contributed by atoms with E-state index in [4.69, 9.17) is 14.3 Å². The summed E-state index contributed by atoms with van der Waals surface area (Å²) in [6.45, 7) is 10.5. The Balaban J connectivity index is 1.42. The fraction of sp³-hybridized carbons (Fsp3) is 0.577. The summed E-state index contributed by atoms with van der Waals surface area (Å²) in [5.74, 6) is -2.57. The SMILES string of the molecule is CC(C)(C)OC(=O)NCc1cn(C[C@@H]2NC(=O)[C@H]2NC(=O)C(=NOC2(C(=O)O)CC2)c2csc(NC(=O)OC(C)(C)C)n2)nn1. The molecule has 0 unspecified atom stereocenters. The van der Waals surface area contributed by atoms with Gasteiger partial charge in [-0.25, -0.2) is 19.4 Å². The van der Waals surface area contributed by atoms with E-state index < -0.39 is 64.6 Å². The van der Waals surface area contributed by atoms with Crippen LogP contribution >= 0.6 is 11.3 Å². The van der Waals surface area contributed by atoms with Crippen molar-refractivity contribution in [2.45, 2.75) is 96.4 Å². The van der Waals surface area contributed by atoms with Gasteiger partial charge in [-0.2, -0.15) is 0 Å². The Morgan fingerprint density at radius 3 is 2.40 bits per heavy atom. The lowest BCUT2D eigenvalue weighted by atomic mass is 9.98. The third-order valence-corrected chi connectivity index (χ3v) is 6.81. The summed E-state index contributed by atoms with van der Waals surface area (Å²) in [6.07, 6.45) is 0.580. The van der Waals surface area contributed by atoms with Crippen molar-refractivity contribution in [2.75, 3.05) is 5.32 Å². The largest absolute Gasteiger partial charge is 0.478 e. The molecule has 2 atom stereocenters. The zero-order valence-electron chi connectivity index (χ0n) is 25.5. The van der Waals surface area contributed by atoms with Crippen molar-refractivity contribution in [1.29, 1.82) is 0 Å². The van der Waals surface area contributed by atoms with Crippen molar-refractivity contribution in [3.8, 4) is 0 Å². The first-order valence-electron chi connectivity index (χ1n) is 13.9. The van der Waals surface area contributed by atoms with Gasteiger partial charge in [0.2, 0.25) is 11.5 Å². The maximum absolute atomic E-state index is 13.4. The average molecular weight is 650 g/mol. The Morgan fingerprint density at radius 1 is 1.13 bits per heavy atom. The molecule has 2 aromatic rings. The Labute approximate surface area is 261 Å². The molecule has 244 valence electrons. The van der Waals surface area contributed by atoms with Crippen molar-refractivity contribution in [3.63, 3.8) is 0 Å². The molecule has 0 bridgehead atoms. The summed E-state index contributed by atoms with van der Waals surface area (Å²) in [5.41, 5.74) is -2.96. The summed E-state index contributed by atoms with van der Waals surface area (Å²) in [5, 5.41) is 33.1. The van der Waals surface area contributed by atoms with Crippen LogP contribution in [-0.4, -0.2) is 89.7 Å². The average Bonchev–Trinajstić information content (AvgIpc) is 3.34. The van der Waals surface area contributed by atoms with Crippen LogP contribution in [0.1, 0.15) is 65.8 Å². The number of hydrogen-bond donors (Lipinski definition) is 5. The number of nitrogens with one attached hydrogen (secondary N) is 4. The summed E-state index contributed by atoms with van der Waals surface area (Å²) >= 11 is 0.969. The molecule has 3 heterocycles. The Hall–Kier alpha value is -4.81. The van der Waals surface area contributed by atoms with Crippen molar-refractivity contribution in [3.05, 3.63) is 23.0 Å². The number of alkyl carbamates (subject to hydrolysis) is 1. The number of nitrogens with zero attached hydrogens (tertiary/aromatic N) is 5. The zero-order valence-corrected chi connectivity index (χ0v) is 26.3. The number of β-lactam (4-membered cyclic amide) rings is 1. The minimum absolute atomic E-state index is 0.0283. The molecule has 2 aliphatic rings. The molecule has 45 heavy (non-hydrogen) atoms. The molecule has 1 saturated carbocycles. The molecule has 4 rings (SSSR count). The molecule has 0 spiro atoms. The number of carbonyl (C=O) groups excluding carboxylic acids is 4. The number of aliphatic carboxylic acids is 1. The van der Waals surface area contributed by atoms with Crippen LogP contribution < -0.4 is 21.3 Å². The van der Waals surface area contributed by atoms with Gasteiger partial charge in [-0.15, -0.1) is 16.4 Å². The first-order chi connectivity index (χ1) is 20.9. The quantitative estimate of drug-likeness (QED) is 0.131. The van der Waals surface area contributed by atoms with E-state index >= 15 is 0 Å². The minimum Gasteiger partial charge on any atom is -0.478 e. The first kappa shape index (κ1) is 33.1. The van der Waals surface area contributed by atoms with Crippen molar-refractivity contribution < 1.29 is 43.4 Å². The molecule has 2 fully saturated rings. The van der Waals surface area contributed by atoms with Gasteiger partial charge in [-0.1, -0.05) is 10.4 Å². The summed E-state index contributed by atoms with van der Waals surface area (Å²) in [7, 11) is 0. The highest BCUT2D eigenvalue weighted by Crippen LogP contribution is 2.40. The molecular formula is C26H35N9O9S. The van der Waals surface area contributed by atoms with Crippen LogP contribution in [0.5, 0.6) is 0 Å². The van der Waals surface area contributed by atoms with Gasteiger partial charge in [0.15, 0.2) is 10.8 Å². The summed E-state index contributed by atoms with van der Waals surface area (Å²) in [4.78, 5) is 70.9. The number of rotatable bonds is 11. The predicted octanol–water partition coefficient (Wildman–Crippen LogP) is 1.13. The molecule has 1 saturated heterocycles. The maximum atomic E-state index is 13.4. The number of anilines is 1. The summed E-state index contributed by atoms with van der Waals surface area (Å²) < 4.78 is 11.8. The van der Waals surface area contributed by atoms with E-state index in [1.807, 2.05) is 0 Å². The molecule has 0 aromatic carbocycles. The topological polar surface area (TPSA) is 237 Å². The Morgan fingerprint density at radius 2 is 1.80 bits per heavy atom. The zero-order chi connectivity index (χ0) is 33.2. The summed E-state index contributed by atoms with van der Waals surface area (Å²) in [6, 6.07) is -1.60. The van der Waals surface area contributed by atoms with Crippen LogP contribution in [0.3, 0.4) is 0 Å². The number of aromatic nitrogens is 4. The van der Waals surface area contributed by atoms with Crippen molar-refractivity contribution in [2.24, 2.45) is 5.16 Å². The van der Waals surface area contributed by atoms with E-state index in [0.717, 1.165) is 11.3 Å². The van der Waals surface area contributed by atoms with Gasteiger partial charge in [-0.3, -0.25) is 19.6 Å². The van der Waals surface area contributed by atoms with Crippen LogP contribution in [0.25, 0.3) is 0 Å². The monoisotopic (exact) mass is 649 g/mol. The van der Waals surface area contributed by atoms with Crippen LogP contribution in [0.2, 0.25) is 0 Å². The third kappa shape index (κ3) is 9.10. The van der Waals surface area contributed by atoms with E-state index in [0.29, 0.717) is 5.69 Å². The number of amides is 4. The highest BCUT2D eigenvalue weighted by Gasteiger charge is 2.55. The standard InChI is InChI=1S/C26H35N9O9S/c1-24(2,3)42-22(40)27-9-13-10-35(34-32-13)11-14-16(18(36)28-14)30-19(37)17(33-44-26(7-8-26)20(38)39)15-12-45-21(29-15)31-23(41)43-25(4,5)6/h10,12,14,16H,7-9,11H2,1-6H3,(H,27,40)(H,28,36)(H,30,37)(H,38,39)(H,29,31,41)/t14-,16-/m0/s1. The van der Waals surface area contributed by atoms with Crippen LogP contribution in [0, 0.1) is 0 Å². The molecule has 5 N–H and O–H groups in total. The number of carbonyl (C=O) groups is 5. The second kappa shape index (κ2) is 12.7. The Kier molecular flexibility index (Phi) is 9.31. The first-order valence-corrected chi connectivity index (χ1v) is 14.7. The molecule has 18 nitrogen and oxygen atoms in total. The van der Waals surface area contributed by atoms with Gasteiger partial charge < -0.3 is 35.4 Å². The predicted molar refractivity (Wildman–Crippen MR) is 156 cm³/mol. The number of thiazole rings is 1. The smallest absolute Gasteiger partial charge is 0.413 e. The lowest BCUT2D eigenvalue weighted by Crippen LogP contribution is -2.70. The number of oxime groups is 1. The van der Waals surface area contributed by atoms with Crippen LogP contribution in [-0.2, 0) is 41.8 Å². The molecule has 1 aliphatic heterocycles. The van der Waals surface area contributed by atoms with Gasteiger partial charge in [0, 0.05) is 18.2 Å². The third-order valence-electron chi connectivity index (χ3n) is 6.06. The van der Waals surface area contributed by atoms with E-state index in [9.17, 15) is 29.1 Å². The number of carboxylic acids is 1. The van der Waals surface area contributed by atoms with Gasteiger partial charge in [0.05, 0.1) is 25.3 Å². The van der Waals surface area contributed by atoms with E-state index in [1.54, 1.807) is 47.7 Å². The molecule has 4 amide bonds.